The quantitative estimate of drug-likeness (QED) is 0.714. The Hall–Kier alpha value is -1.68. The number of halogens is 4. The van der Waals surface area contributed by atoms with Crippen molar-refractivity contribution in [3.8, 4) is 0 Å². The molecule has 1 aromatic carbocycles. The Morgan fingerprint density at radius 1 is 1.04 bits per heavy atom. The lowest BCUT2D eigenvalue weighted by atomic mass is 10.2. The first-order valence-electron chi connectivity index (χ1n) is 8.17. The van der Waals surface area contributed by atoms with Crippen molar-refractivity contribution in [2.24, 2.45) is 0 Å². The highest BCUT2D eigenvalue weighted by atomic mass is 35.5. The molecule has 1 aromatic heterocycles. The molecule has 0 aliphatic carbocycles. The molecule has 2 aromatic rings. The van der Waals surface area contributed by atoms with Crippen LogP contribution in [-0.4, -0.2) is 48.8 Å². The number of benzene rings is 1. The highest BCUT2D eigenvalue weighted by molar-refractivity contribution is 7.89. The van der Waals surface area contributed by atoms with Crippen LogP contribution in [0.4, 0.5) is 13.2 Å². The van der Waals surface area contributed by atoms with Gasteiger partial charge in [-0.3, -0.25) is 4.90 Å². The lowest BCUT2D eigenvalue weighted by Crippen LogP contribution is -2.48. The third kappa shape index (κ3) is 4.78. The van der Waals surface area contributed by atoms with Crippen LogP contribution in [0.2, 0.25) is 5.15 Å². The molecule has 0 atom stereocenters. The fraction of sp³-hybridized carbons (Fsp3) is 0.353. The SMILES string of the molecule is O=S(=O)(c1cccc(C(F)(F)F)c1)N1CCN(Cc2cccc(Cl)n2)CC1. The summed E-state index contributed by atoms with van der Waals surface area (Å²) in [7, 11) is -3.98. The van der Waals surface area contributed by atoms with Crippen LogP contribution < -0.4 is 0 Å². The molecular formula is C17H17ClF3N3O2S. The van der Waals surface area contributed by atoms with Crippen LogP contribution in [0.15, 0.2) is 47.4 Å². The smallest absolute Gasteiger partial charge is 0.295 e. The number of hydrogen-bond donors (Lipinski definition) is 0. The largest absolute Gasteiger partial charge is 0.416 e. The van der Waals surface area contributed by atoms with E-state index in [0.717, 1.165) is 17.8 Å². The van der Waals surface area contributed by atoms with E-state index in [-0.39, 0.29) is 18.0 Å². The topological polar surface area (TPSA) is 53.5 Å². The number of pyridine rings is 1. The maximum Gasteiger partial charge on any atom is 0.416 e. The average Bonchev–Trinajstić information content (AvgIpc) is 2.62. The van der Waals surface area contributed by atoms with E-state index in [1.54, 1.807) is 12.1 Å². The predicted octanol–water partition coefficient (Wildman–Crippen LogP) is 3.26. The molecule has 5 nitrogen and oxygen atoms in total. The summed E-state index contributed by atoms with van der Waals surface area (Å²) < 4.78 is 65.1. The molecular weight excluding hydrogens is 403 g/mol. The summed E-state index contributed by atoms with van der Waals surface area (Å²) in [4.78, 5) is 5.88. The summed E-state index contributed by atoms with van der Waals surface area (Å²) in [5.74, 6) is 0. The van der Waals surface area contributed by atoms with Gasteiger partial charge in [0.25, 0.3) is 0 Å². The minimum absolute atomic E-state index is 0.194. The third-order valence-corrected chi connectivity index (χ3v) is 6.39. The highest BCUT2D eigenvalue weighted by Gasteiger charge is 2.34. The molecule has 1 aliphatic rings. The molecule has 0 saturated carbocycles. The van der Waals surface area contributed by atoms with Gasteiger partial charge in [0.2, 0.25) is 10.0 Å². The first kappa shape index (κ1) is 20.1. The first-order valence-corrected chi connectivity index (χ1v) is 9.99. The summed E-state index contributed by atoms with van der Waals surface area (Å²) in [6, 6.07) is 9.12. The molecule has 27 heavy (non-hydrogen) atoms. The maximum atomic E-state index is 12.9. The molecule has 1 aliphatic heterocycles. The molecule has 1 fully saturated rings. The van der Waals surface area contributed by atoms with Crippen LogP contribution in [0.1, 0.15) is 11.3 Å². The lowest BCUT2D eigenvalue weighted by molar-refractivity contribution is -0.137. The minimum Gasteiger partial charge on any atom is -0.295 e. The van der Waals surface area contributed by atoms with E-state index in [1.165, 1.54) is 10.4 Å². The van der Waals surface area contributed by atoms with Crippen molar-refractivity contribution < 1.29 is 21.6 Å². The fourth-order valence-electron chi connectivity index (χ4n) is 2.88. The van der Waals surface area contributed by atoms with Crippen molar-refractivity contribution in [3.63, 3.8) is 0 Å². The molecule has 0 unspecified atom stereocenters. The van der Waals surface area contributed by atoms with Gasteiger partial charge in [-0.25, -0.2) is 13.4 Å². The number of piperazine rings is 1. The molecule has 10 heteroatoms. The van der Waals surface area contributed by atoms with Gasteiger partial charge in [0.05, 0.1) is 16.2 Å². The first-order chi connectivity index (χ1) is 12.7. The Kier molecular flexibility index (Phi) is 5.76. The van der Waals surface area contributed by atoms with Crippen LogP contribution >= 0.6 is 11.6 Å². The molecule has 0 spiro atoms. The second kappa shape index (κ2) is 7.75. The molecule has 0 radical (unpaired) electrons. The van der Waals surface area contributed by atoms with E-state index in [2.05, 4.69) is 4.98 Å². The van der Waals surface area contributed by atoms with Gasteiger partial charge in [-0.1, -0.05) is 23.7 Å². The van der Waals surface area contributed by atoms with Crippen molar-refractivity contribution in [2.45, 2.75) is 17.6 Å². The standard InChI is InChI=1S/C17H17ClF3N3O2S/c18-16-6-2-4-14(22-16)12-23-7-9-24(10-8-23)27(25,26)15-5-1-3-13(11-15)17(19,20)21/h1-6,11H,7-10,12H2. The third-order valence-electron chi connectivity index (χ3n) is 4.29. The Morgan fingerprint density at radius 2 is 1.70 bits per heavy atom. The summed E-state index contributed by atoms with van der Waals surface area (Å²) in [6.07, 6.45) is -4.59. The molecule has 3 rings (SSSR count). The lowest BCUT2D eigenvalue weighted by Gasteiger charge is -2.33. The summed E-state index contributed by atoms with van der Waals surface area (Å²) in [6.45, 7) is 1.81. The number of aromatic nitrogens is 1. The zero-order valence-electron chi connectivity index (χ0n) is 14.2. The predicted molar refractivity (Wildman–Crippen MR) is 94.7 cm³/mol. The second-order valence-corrected chi connectivity index (χ2v) is 8.48. The minimum atomic E-state index is -4.59. The molecule has 0 bridgehead atoms. The van der Waals surface area contributed by atoms with Crippen molar-refractivity contribution in [1.82, 2.24) is 14.2 Å². The van der Waals surface area contributed by atoms with Crippen molar-refractivity contribution in [1.29, 1.82) is 0 Å². The Balaban J connectivity index is 1.68. The van der Waals surface area contributed by atoms with E-state index in [0.29, 0.717) is 30.9 Å². The second-order valence-electron chi connectivity index (χ2n) is 6.16. The zero-order valence-corrected chi connectivity index (χ0v) is 15.7. The van der Waals surface area contributed by atoms with E-state index in [9.17, 15) is 21.6 Å². The number of sulfonamides is 1. The number of nitrogens with zero attached hydrogens (tertiary/aromatic N) is 3. The summed E-state index contributed by atoms with van der Waals surface area (Å²) in [5, 5.41) is 0.387. The van der Waals surface area contributed by atoms with Crippen LogP contribution in [0.3, 0.4) is 0 Å². The van der Waals surface area contributed by atoms with Gasteiger partial charge in [-0.2, -0.15) is 17.5 Å². The van der Waals surface area contributed by atoms with Gasteiger partial charge in [-0.05, 0) is 30.3 Å². The molecule has 1 saturated heterocycles. The van der Waals surface area contributed by atoms with E-state index in [4.69, 9.17) is 11.6 Å². The Labute approximate surface area is 160 Å². The van der Waals surface area contributed by atoms with Crippen LogP contribution in [0.5, 0.6) is 0 Å². The number of hydrogen-bond acceptors (Lipinski definition) is 4. The van der Waals surface area contributed by atoms with Gasteiger partial charge < -0.3 is 0 Å². The Morgan fingerprint density at radius 3 is 2.33 bits per heavy atom. The Bertz CT molecular complexity index is 914. The van der Waals surface area contributed by atoms with Crippen molar-refractivity contribution in [3.05, 3.63) is 58.9 Å². The number of rotatable bonds is 4. The highest BCUT2D eigenvalue weighted by Crippen LogP contribution is 2.31. The van der Waals surface area contributed by atoms with Crippen LogP contribution in [0, 0.1) is 0 Å². The van der Waals surface area contributed by atoms with Crippen molar-refractivity contribution >= 4 is 21.6 Å². The van der Waals surface area contributed by atoms with Gasteiger partial charge in [0.1, 0.15) is 5.15 Å². The summed E-state index contributed by atoms with van der Waals surface area (Å²) >= 11 is 5.86. The average molecular weight is 420 g/mol. The summed E-state index contributed by atoms with van der Waals surface area (Å²) in [5.41, 5.74) is -0.203. The normalized spacial score (nSPS) is 17.2. The van der Waals surface area contributed by atoms with Gasteiger partial charge in [0.15, 0.2) is 0 Å². The zero-order chi connectivity index (χ0) is 19.7. The monoisotopic (exact) mass is 419 g/mol. The van der Waals surface area contributed by atoms with Gasteiger partial charge >= 0.3 is 6.18 Å². The van der Waals surface area contributed by atoms with E-state index < -0.39 is 21.8 Å². The molecule has 0 amide bonds. The van der Waals surface area contributed by atoms with E-state index in [1.807, 2.05) is 11.0 Å². The van der Waals surface area contributed by atoms with E-state index >= 15 is 0 Å². The fourth-order valence-corrected chi connectivity index (χ4v) is 4.53. The maximum absolute atomic E-state index is 12.9. The van der Waals surface area contributed by atoms with Gasteiger partial charge in [0, 0.05) is 32.7 Å². The van der Waals surface area contributed by atoms with Crippen LogP contribution in [-0.2, 0) is 22.7 Å². The molecule has 146 valence electrons. The van der Waals surface area contributed by atoms with Crippen molar-refractivity contribution in [2.75, 3.05) is 26.2 Å². The molecule has 2 heterocycles. The number of alkyl halides is 3. The van der Waals surface area contributed by atoms with Gasteiger partial charge in [-0.15, -0.1) is 0 Å². The van der Waals surface area contributed by atoms with Crippen LogP contribution in [0.25, 0.3) is 0 Å². The molecule has 0 N–H and O–H groups in total.